The summed E-state index contributed by atoms with van der Waals surface area (Å²) in [5, 5.41) is 9.20. The molecule has 0 aliphatic carbocycles. The predicted octanol–water partition coefficient (Wildman–Crippen LogP) is 0.712. The van der Waals surface area contributed by atoms with Gasteiger partial charge in [0.05, 0.1) is 29.4 Å². The maximum absolute atomic E-state index is 11.4. The maximum atomic E-state index is 11.4. The molecular weight excluding hydrogens is 232 g/mol. The van der Waals surface area contributed by atoms with Crippen molar-refractivity contribution >= 4 is 15.8 Å². The monoisotopic (exact) mass is 244 g/mol. The van der Waals surface area contributed by atoms with E-state index >= 15 is 0 Å². The summed E-state index contributed by atoms with van der Waals surface area (Å²) in [6.07, 6.45) is 3.29. The highest BCUT2D eigenvalue weighted by atomic mass is 32.2. The molecule has 0 radical (unpaired) electrons. The third-order valence-electron chi connectivity index (χ3n) is 2.96. The maximum Gasteiger partial charge on any atom is 0.311 e. The highest BCUT2D eigenvalue weighted by molar-refractivity contribution is 7.91. The molecule has 0 saturated carbocycles. The van der Waals surface area contributed by atoms with E-state index in [-0.39, 0.29) is 24.3 Å². The number of aliphatic carboxylic acids is 1. The van der Waals surface area contributed by atoms with Crippen LogP contribution in [0.4, 0.5) is 0 Å². The number of sulfone groups is 1. The van der Waals surface area contributed by atoms with Gasteiger partial charge < -0.3 is 9.52 Å². The zero-order valence-electron chi connectivity index (χ0n) is 8.55. The lowest BCUT2D eigenvalue weighted by Crippen LogP contribution is -2.34. The number of hydrogen-bond acceptors (Lipinski definition) is 4. The van der Waals surface area contributed by atoms with Gasteiger partial charge in [-0.1, -0.05) is 0 Å². The molecule has 1 aromatic rings. The van der Waals surface area contributed by atoms with E-state index < -0.39 is 21.2 Å². The van der Waals surface area contributed by atoms with Crippen molar-refractivity contribution in [3.8, 4) is 0 Å². The van der Waals surface area contributed by atoms with Crippen LogP contribution < -0.4 is 0 Å². The fourth-order valence-corrected chi connectivity index (χ4v) is 4.14. The van der Waals surface area contributed by atoms with Gasteiger partial charge in [0.1, 0.15) is 0 Å². The topological polar surface area (TPSA) is 84.6 Å². The molecule has 0 spiro atoms. The third-order valence-corrected chi connectivity index (χ3v) is 4.78. The van der Waals surface area contributed by atoms with Crippen LogP contribution in [0.1, 0.15) is 12.0 Å². The Kier molecular flexibility index (Phi) is 2.53. The quantitative estimate of drug-likeness (QED) is 0.846. The average molecular weight is 244 g/mol. The van der Waals surface area contributed by atoms with Crippen molar-refractivity contribution in [1.29, 1.82) is 0 Å². The van der Waals surface area contributed by atoms with Crippen LogP contribution in [0.15, 0.2) is 23.0 Å². The summed E-state index contributed by atoms with van der Waals surface area (Å²) in [5.41, 5.74) is -0.456. The van der Waals surface area contributed by atoms with Gasteiger partial charge in [0, 0.05) is 0 Å². The van der Waals surface area contributed by atoms with Crippen molar-refractivity contribution in [3.05, 3.63) is 24.2 Å². The van der Waals surface area contributed by atoms with Gasteiger partial charge in [-0.2, -0.15) is 0 Å². The fraction of sp³-hybridized carbons (Fsp3) is 0.500. The van der Waals surface area contributed by atoms with Crippen molar-refractivity contribution in [1.82, 2.24) is 0 Å². The molecular formula is C10H12O5S. The highest BCUT2D eigenvalue weighted by Crippen LogP contribution is 2.36. The lowest BCUT2D eigenvalue weighted by atomic mass is 9.82. The minimum atomic E-state index is -3.21. The average Bonchev–Trinajstić information content (AvgIpc) is 2.75. The molecule has 6 heteroatoms. The molecule has 1 fully saturated rings. The van der Waals surface area contributed by atoms with Crippen LogP contribution in [-0.2, 0) is 21.1 Å². The van der Waals surface area contributed by atoms with Crippen molar-refractivity contribution in [2.45, 2.75) is 12.8 Å². The molecule has 1 unspecified atom stereocenters. The van der Waals surface area contributed by atoms with Gasteiger partial charge in [0.25, 0.3) is 0 Å². The molecule has 1 aliphatic heterocycles. The molecule has 5 nitrogen and oxygen atoms in total. The Balaban J connectivity index is 2.28. The third kappa shape index (κ3) is 1.97. The lowest BCUT2D eigenvalue weighted by Gasteiger charge is -2.21. The molecule has 1 aromatic heterocycles. The second kappa shape index (κ2) is 3.62. The number of carboxylic acid groups (broad SMARTS) is 1. The van der Waals surface area contributed by atoms with Crippen LogP contribution in [0.2, 0.25) is 0 Å². The van der Waals surface area contributed by atoms with Crippen molar-refractivity contribution in [2.24, 2.45) is 5.41 Å². The first-order valence-electron chi connectivity index (χ1n) is 4.88. The molecule has 0 bridgehead atoms. The van der Waals surface area contributed by atoms with Crippen molar-refractivity contribution in [3.63, 3.8) is 0 Å². The second-order valence-corrected chi connectivity index (χ2v) is 6.42. The molecule has 2 rings (SSSR count). The van der Waals surface area contributed by atoms with Gasteiger partial charge in [-0.3, -0.25) is 4.79 Å². The fourth-order valence-electron chi connectivity index (χ4n) is 2.08. The Hall–Kier alpha value is -1.30. The summed E-state index contributed by atoms with van der Waals surface area (Å²) >= 11 is 0. The predicted molar refractivity (Wildman–Crippen MR) is 55.8 cm³/mol. The number of furan rings is 1. The van der Waals surface area contributed by atoms with E-state index in [0.717, 1.165) is 5.56 Å². The number of carboxylic acids is 1. The van der Waals surface area contributed by atoms with Gasteiger partial charge in [-0.15, -0.1) is 0 Å². The number of rotatable bonds is 3. The smallest absolute Gasteiger partial charge is 0.311 e. The molecule has 1 saturated heterocycles. The Morgan fingerprint density at radius 1 is 1.56 bits per heavy atom. The highest BCUT2D eigenvalue weighted by Gasteiger charge is 2.48. The summed E-state index contributed by atoms with van der Waals surface area (Å²) in [5.74, 6) is -1.37. The van der Waals surface area contributed by atoms with E-state index in [1.807, 2.05) is 0 Å². The van der Waals surface area contributed by atoms with E-state index in [1.165, 1.54) is 12.5 Å². The standard InChI is InChI=1S/C10H12O5S/c11-9(12)10(2-4-16(13,14)7-10)5-8-1-3-15-6-8/h1,3,6H,2,4-5,7H2,(H,11,12). The van der Waals surface area contributed by atoms with E-state index in [1.54, 1.807) is 6.07 Å². The Morgan fingerprint density at radius 2 is 2.31 bits per heavy atom. The minimum absolute atomic E-state index is 0.0445. The van der Waals surface area contributed by atoms with Gasteiger partial charge >= 0.3 is 5.97 Å². The first-order valence-corrected chi connectivity index (χ1v) is 6.71. The summed E-state index contributed by atoms with van der Waals surface area (Å²) in [7, 11) is -3.21. The normalized spacial score (nSPS) is 28.0. The van der Waals surface area contributed by atoms with Gasteiger partial charge in [0.15, 0.2) is 9.84 Å². The molecule has 1 aliphatic rings. The van der Waals surface area contributed by atoms with Crippen LogP contribution >= 0.6 is 0 Å². The summed E-state index contributed by atoms with van der Waals surface area (Å²) in [6, 6.07) is 1.66. The zero-order valence-corrected chi connectivity index (χ0v) is 9.37. The zero-order chi connectivity index (χ0) is 11.8. The van der Waals surface area contributed by atoms with Crippen LogP contribution in [0.3, 0.4) is 0 Å². The molecule has 0 aromatic carbocycles. The molecule has 16 heavy (non-hydrogen) atoms. The summed E-state index contributed by atoms with van der Waals surface area (Å²) < 4.78 is 27.6. The number of carbonyl (C=O) groups is 1. The molecule has 0 amide bonds. The summed E-state index contributed by atoms with van der Waals surface area (Å²) in [4.78, 5) is 11.2. The first kappa shape index (κ1) is 11.2. The van der Waals surface area contributed by atoms with E-state index in [4.69, 9.17) is 4.42 Å². The Labute approximate surface area is 93.0 Å². The first-order chi connectivity index (χ1) is 7.44. The lowest BCUT2D eigenvalue weighted by molar-refractivity contribution is -0.147. The number of hydrogen-bond donors (Lipinski definition) is 1. The van der Waals surface area contributed by atoms with Crippen LogP contribution in [0.5, 0.6) is 0 Å². The molecule has 2 heterocycles. The largest absolute Gasteiger partial charge is 0.481 e. The molecule has 1 N–H and O–H groups in total. The van der Waals surface area contributed by atoms with E-state index in [0.29, 0.717) is 0 Å². The van der Waals surface area contributed by atoms with Crippen LogP contribution in [-0.4, -0.2) is 31.0 Å². The molecule has 88 valence electrons. The van der Waals surface area contributed by atoms with Crippen molar-refractivity contribution in [2.75, 3.05) is 11.5 Å². The van der Waals surface area contributed by atoms with E-state index in [2.05, 4.69) is 0 Å². The second-order valence-electron chi connectivity index (χ2n) is 4.24. The Bertz CT molecular complexity index is 487. The van der Waals surface area contributed by atoms with Crippen LogP contribution in [0.25, 0.3) is 0 Å². The SMILES string of the molecule is O=C(O)C1(Cc2ccoc2)CCS(=O)(=O)C1. The van der Waals surface area contributed by atoms with Gasteiger partial charge in [-0.05, 0) is 24.5 Å². The molecule has 1 atom stereocenters. The summed E-state index contributed by atoms with van der Waals surface area (Å²) in [6.45, 7) is 0. The van der Waals surface area contributed by atoms with E-state index in [9.17, 15) is 18.3 Å². The van der Waals surface area contributed by atoms with Crippen LogP contribution in [0, 0.1) is 5.41 Å². The minimum Gasteiger partial charge on any atom is -0.481 e. The Morgan fingerprint density at radius 3 is 2.75 bits per heavy atom. The van der Waals surface area contributed by atoms with Gasteiger partial charge in [-0.25, -0.2) is 8.42 Å². The van der Waals surface area contributed by atoms with Crippen molar-refractivity contribution < 1.29 is 22.7 Å². The van der Waals surface area contributed by atoms with Gasteiger partial charge in [0.2, 0.25) is 0 Å².